The molecular formula is C34H47BrN2O5. The second-order valence-corrected chi connectivity index (χ2v) is 11.1. The van der Waals surface area contributed by atoms with Gasteiger partial charge in [-0.1, -0.05) is 63.9 Å². The van der Waals surface area contributed by atoms with Gasteiger partial charge >= 0.3 is 11.9 Å². The summed E-state index contributed by atoms with van der Waals surface area (Å²) in [5.41, 5.74) is 8.43. The van der Waals surface area contributed by atoms with E-state index in [0.717, 1.165) is 28.9 Å². The van der Waals surface area contributed by atoms with Gasteiger partial charge in [0.15, 0.2) is 0 Å². The number of methoxy groups -OCH3 is 1. The number of hydrogen-bond donors (Lipinski definition) is 1. The second kappa shape index (κ2) is 18.4. The minimum atomic E-state index is -0.361. The number of rotatable bonds is 11. The molecule has 0 amide bonds. The molecule has 0 bridgehead atoms. The lowest BCUT2D eigenvalue weighted by Crippen LogP contribution is -2.36. The lowest BCUT2D eigenvalue weighted by molar-refractivity contribution is -0.141. The van der Waals surface area contributed by atoms with Crippen molar-refractivity contribution in [1.82, 2.24) is 4.90 Å². The molecule has 4 rings (SSSR count). The van der Waals surface area contributed by atoms with Gasteiger partial charge < -0.3 is 19.9 Å². The fourth-order valence-electron chi connectivity index (χ4n) is 5.05. The number of anilines is 1. The van der Waals surface area contributed by atoms with Crippen LogP contribution in [0.2, 0.25) is 0 Å². The van der Waals surface area contributed by atoms with Crippen LogP contribution in [0.25, 0.3) is 10.8 Å². The minimum Gasteiger partial charge on any atom is -0.497 e. The third kappa shape index (κ3) is 11.0. The Balaban J connectivity index is 0.000000393. The Morgan fingerprint density at radius 1 is 0.952 bits per heavy atom. The summed E-state index contributed by atoms with van der Waals surface area (Å²) in [4.78, 5) is 25.7. The Morgan fingerprint density at radius 3 is 2.26 bits per heavy atom. The van der Waals surface area contributed by atoms with Crippen molar-refractivity contribution >= 4 is 44.3 Å². The Morgan fingerprint density at radius 2 is 1.62 bits per heavy atom. The molecular weight excluding hydrogens is 596 g/mol. The number of benzene rings is 3. The lowest BCUT2D eigenvalue weighted by atomic mass is 9.93. The number of esters is 2. The summed E-state index contributed by atoms with van der Waals surface area (Å²) < 4.78 is 16.1. The first-order valence-corrected chi connectivity index (χ1v) is 15.3. The molecule has 0 heterocycles. The second-order valence-electron chi connectivity index (χ2n) is 10.3. The van der Waals surface area contributed by atoms with Crippen LogP contribution in [0.1, 0.15) is 82.1 Å². The molecule has 1 aliphatic rings. The van der Waals surface area contributed by atoms with Gasteiger partial charge in [0, 0.05) is 24.0 Å². The predicted octanol–water partition coefficient (Wildman–Crippen LogP) is 8.17. The Bertz CT molecular complexity index is 1280. The Hall–Kier alpha value is -3.10. The lowest BCUT2D eigenvalue weighted by Gasteiger charge is -2.34. The number of unbranched alkanes of at least 4 members (excludes halogenated alkanes) is 1. The van der Waals surface area contributed by atoms with Gasteiger partial charge in [0.1, 0.15) is 5.75 Å². The highest BCUT2D eigenvalue weighted by Gasteiger charge is 2.22. The van der Waals surface area contributed by atoms with Gasteiger partial charge in [0.2, 0.25) is 0 Å². The van der Waals surface area contributed by atoms with Gasteiger partial charge in [0.05, 0.1) is 31.6 Å². The standard InChI is InChI=1S/C22H33BrN2O4.C11H10O.CH4/c1-3-25(19-9-5-4-6-10-19)15-18-13-17(14-20(23)21(18)24)22(27)29-12-8-7-11-28-16(2)26;1-12-11-7-6-9-4-2-3-5-10(9)8-11;/h13-14,19H,3-12,15,24H2,1-2H3;2-8H,1H3;1H4. The highest BCUT2D eigenvalue weighted by molar-refractivity contribution is 9.10. The number of halogens is 1. The average molecular weight is 644 g/mol. The van der Waals surface area contributed by atoms with Crippen molar-refractivity contribution in [3.8, 4) is 5.75 Å². The molecule has 0 unspecified atom stereocenters. The van der Waals surface area contributed by atoms with Crippen molar-refractivity contribution in [2.45, 2.75) is 78.8 Å². The summed E-state index contributed by atoms with van der Waals surface area (Å²) >= 11 is 3.49. The first-order chi connectivity index (χ1) is 19.8. The molecule has 1 saturated carbocycles. The number of nitrogen functional groups attached to an aromatic ring is 1. The summed E-state index contributed by atoms with van der Waals surface area (Å²) in [7, 11) is 1.68. The van der Waals surface area contributed by atoms with E-state index in [1.807, 2.05) is 30.3 Å². The number of hydrogen-bond acceptors (Lipinski definition) is 7. The maximum atomic E-state index is 12.5. The summed E-state index contributed by atoms with van der Waals surface area (Å²) in [6, 6.07) is 18.5. The van der Waals surface area contributed by atoms with Crippen LogP contribution in [0.3, 0.4) is 0 Å². The quantitative estimate of drug-likeness (QED) is 0.128. The van der Waals surface area contributed by atoms with E-state index in [1.54, 1.807) is 13.2 Å². The molecule has 0 saturated heterocycles. The fraction of sp³-hybridized carbons (Fsp3) is 0.471. The van der Waals surface area contributed by atoms with Crippen molar-refractivity contribution in [2.75, 3.05) is 32.6 Å². The van der Waals surface area contributed by atoms with E-state index < -0.39 is 0 Å². The van der Waals surface area contributed by atoms with Crippen molar-refractivity contribution in [3.63, 3.8) is 0 Å². The van der Waals surface area contributed by atoms with Crippen molar-refractivity contribution in [1.29, 1.82) is 0 Å². The number of nitrogens with two attached hydrogens (primary N) is 1. The third-order valence-electron chi connectivity index (χ3n) is 7.36. The molecule has 3 aromatic rings. The van der Waals surface area contributed by atoms with E-state index in [9.17, 15) is 9.59 Å². The molecule has 8 heteroatoms. The SMILES string of the molecule is C.CCN(Cc1cc(C(=O)OCCCCOC(C)=O)cc(Br)c1N)C1CCCCC1.COc1ccc2ccccc2c1. The van der Waals surface area contributed by atoms with Gasteiger partial charge in [-0.25, -0.2) is 4.79 Å². The molecule has 230 valence electrons. The van der Waals surface area contributed by atoms with Crippen molar-refractivity contribution < 1.29 is 23.8 Å². The van der Waals surface area contributed by atoms with E-state index in [4.69, 9.17) is 19.9 Å². The van der Waals surface area contributed by atoms with Crippen LogP contribution in [0.4, 0.5) is 5.69 Å². The predicted molar refractivity (Wildman–Crippen MR) is 175 cm³/mol. The maximum absolute atomic E-state index is 12.5. The topological polar surface area (TPSA) is 91.1 Å². The van der Waals surface area contributed by atoms with E-state index in [2.05, 4.69) is 46.0 Å². The Labute approximate surface area is 259 Å². The summed E-state index contributed by atoms with van der Waals surface area (Å²) in [6.07, 6.45) is 7.65. The highest BCUT2D eigenvalue weighted by Crippen LogP contribution is 2.30. The van der Waals surface area contributed by atoms with Gasteiger partial charge in [-0.2, -0.15) is 0 Å². The fourth-order valence-corrected chi connectivity index (χ4v) is 5.55. The van der Waals surface area contributed by atoms with Gasteiger partial charge in [-0.05, 0) is 88.8 Å². The van der Waals surface area contributed by atoms with Crippen LogP contribution in [0, 0.1) is 0 Å². The largest absolute Gasteiger partial charge is 0.497 e. The van der Waals surface area contributed by atoms with Gasteiger partial charge in [0.25, 0.3) is 0 Å². The van der Waals surface area contributed by atoms with Crippen LogP contribution in [-0.2, 0) is 20.8 Å². The van der Waals surface area contributed by atoms with Crippen LogP contribution >= 0.6 is 15.9 Å². The number of ether oxygens (including phenoxy) is 3. The van der Waals surface area contributed by atoms with Crippen LogP contribution < -0.4 is 10.5 Å². The van der Waals surface area contributed by atoms with Crippen molar-refractivity contribution in [2.24, 2.45) is 0 Å². The molecule has 2 N–H and O–H groups in total. The molecule has 1 aliphatic carbocycles. The van der Waals surface area contributed by atoms with Crippen LogP contribution in [-0.4, -0.2) is 49.7 Å². The summed E-state index contributed by atoms with van der Waals surface area (Å²) in [5, 5.41) is 2.47. The van der Waals surface area contributed by atoms with Gasteiger partial charge in [-0.15, -0.1) is 0 Å². The third-order valence-corrected chi connectivity index (χ3v) is 8.01. The number of carbonyl (C=O) groups excluding carboxylic acids is 2. The van der Waals surface area contributed by atoms with E-state index in [0.29, 0.717) is 43.3 Å². The monoisotopic (exact) mass is 642 g/mol. The molecule has 0 spiro atoms. The van der Waals surface area contributed by atoms with Crippen LogP contribution in [0.15, 0.2) is 59.1 Å². The minimum absolute atomic E-state index is 0. The van der Waals surface area contributed by atoms with E-state index >= 15 is 0 Å². The average Bonchev–Trinajstić information content (AvgIpc) is 2.99. The highest BCUT2D eigenvalue weighted by atomic mass is 79.9. The first-order valence-electron chi connectivity index (χ1n) is 14.5. The first kappa shape index (κ1) is 35.1. The number of fused-ring (bicyclic) bond motifs is 1. The molecule has 0 atom stereocenters. The summed E-state index contributed by atoms with van der Waals surface area (Å²) in [6.45, 7) is 5.88. The maximum Gasteiger partial charge on any atom is 0.338 e. The number of carbonyl (C=O) groups is 2. The van der Waals surface area contributed by atoms with Gasteiger partial charge in [-0.3, -0.25) is 9.69 Å². The Kier molecular flexibility index (Phi) is 15.4. The molecule has 3 aromatic carbocycles. The normalized spacial score (nSPS) is 13.1. The molecule has 1 fully saturated rings. The smallest absolute Gasteiger partial charge is 0.338 e. The molecule has 42 heavy (non-hydrogen) atoms. The number of nitrogens with zero attached hydrogens (tertiary/aromatic N) is 1. The zero-order valence-corrected chi connectivity index (χ0v) is 26.1. The molecule has 0 aliphatic heterocycles. The molecule has 0 radical (unpaired) electrons. The zero-order chi connectivity index (χ0) is 29.6. The van der Waals surface area contributed by atoms with Crippen molar-refractivity contribution in [3.05, 3.63) is 70.2 Å². The molecule has 7 nitrogen and oxygen atoms in total. The zero-order valence-electron chi connectivity index (χ0n) is 24.5. The molecule has 0 aromatic heterocycles. The van der Waals surface area contributed by atoms with E-state index in [-0.39, 0.29) is 19.4 Å². The summed E-state index contributed by atoms with van der Waals surface area (Å²) in [5.74, 6) is 0.254. The van der Waals surface area contributed by atoms with E-state index in [1.165, 1.54) is 49.8 Å². The van der Waals surface area contributed by atoms with Crippen LogP contribution in [0.5, 0.6) is 5.75 Å².